The topological polar surface area (TPSA) is 98.9 Å². The molecule has 2 aliphatic rings. The van der Waals surface area contributed by atoms with E-state index in [4.69, 9.17) is 0 Å². The van der Waals surface area contributed by atoms with Crippen LogP contribution in [0, 0.1) is 0 Å². The van der Waals surface area contributed by atoms with Gasteiger partial charge in [0.05, 0.1) is 11.7 Å². The van der Waals surface area contributed by atoms with E-state index in [0.29, 0.717) is 18.8 Å². The summed E-state index contributed by atoms with van der Waals surface area (Å²) in [4.78, 5) is 16.6. The summed E-state index contributed by atoms with van der Waals surface area (Å²) in [5, 5.41) is 4.66. The van der Waals surface area contributed by atoms with Gasteiger partial charge in [-0.2, -0.15) is 5.10 Å². The van der Waals surface area contributed by atoms with Crippen molar-refractivity contribution in [2.24, 2.45) is 7.05 Å². The molecule has 1 N–H and O–H groups in total. The number of nitrogens with zero attached hydrogens (tertiary/aromatic N) is 4. The van der Waals surface area contributed by atoms with Crippen LogP contribution < -0.4 is 10.3 Å². The number of rotatable bonds is 6. The van der Waals surface area contributed by atoms with E-state index in [0.717, 1.165) is 37.2 Å². The lowest BCUT2D eigenvalue weighted by atomic mass is 9.92. The molecule has 0 bridgehead atoms. The zero-order valence-corrected chi connectivity index (χ0v) is 18.0. The summed E-state index contributed by atoms with van der Waals surface area (Å²) in [6.07, 6.45) is 6.67. The minimum Gasteiger partial charge on any atom is -0.336 e. The Morgan fingerprint density at radius 3 is 2.38 bits per heavy atom. The predicted molar refractivity (Wildman–Crippen MR) is 109 cm³/mol. The van der Waals surface area contributed by atoms with Crippen molar-refractivity contribution < 1.29 is 8.42 Å². The molecular formula is C20H29N5O3S. The molecule has 0 amide bonds. The minimum absolute atomic E-state index is 0.0318. The summed E-state index contributed by atoms with van der Waals surface area (Å²) in [5.41, 5.74) is 0.927. The molecule has 2 aliphatic carbocycles. The van der Waals surface area contributed by atoms with Crippen LogP contribution in [0.4, 0.5) is 0 Å². The number of hydrogen-bond donors (Lipinski definition) is 1. The fourth-order valence-corrected chi connectivity index (χ4v) is 5.44. The summed E-state index contributed by atoms with van der Waals surface area (Å²) >= 11 is 0. The SMILES string of the molecule is CC(C)c1nc(S(=O)(=O)NC2CCC(n3nc(C4CC4)ccc3=O)CC2)cn1C. The van der Waals surface area contributed by atoms with Crippen molar-refractivity contribution in [3.8, 4) is 0 Å². The van der Waals surface area contributed by atoms with Gasteiger partial charge in [0.15, 0.2) is 5.03 Å². The molecular weight excluding hydrogens is 390 g/mol. The van der Waals surface area contributed by atoms with Crippen molar-refractivity contribution >= 4 is 10.0 Å². The minimum atomic E-state index is -3.66. The molecule has 2 heterocycles. The quantitative estimate of drug-likeness (QED) is 0.775. The number of aryl methyl sites for hydroxylation is 1. The van der Waals surface area contributed by atoms with Gasteiger partial charge in [0.25, 0.3) is 15.6 Å². The third-order valence-electron chi connectivity index (χ3n) is 5.89. The molecule has 29 heavy (non-hydrogen) atoms. The third-order valence-corrected chi connectivity index (χ3v) is 7.28. The van der Waals surface area contributed by atoms with E-state index in [2.05, 4.69) is 14.8 Å². The van der Waals surface area contributed by atoms with Crippen molar-refractivity contribution in [2.45, 2.75) is 81.3 Å². The molecule has 0 radical (unpaired) electrons. The highest BCUT2D eigenvalue weighted by molar-refractivity contribution is 7.89. The number of hydrogen-bond acceptors (Lipinski definition) is 5. The van der Waals surface area contributed by atoms with Crippen molar-refractivity contribution in [2.75, 3.05) is 0 Å². The van der Waals surface area contributed by atoms with E-state index < -0.39 is 10.0 Å². The number of sulfonamides is 1. The molecule has 0 spiro atoms. The highest BCUT2D eigenvalue weighted by Gasteiger charge is 2.30. The Hall–Kier alpha value is -2.00. The lowest BCUT2D eigenvalue weighted by Gasteiger charge is -2.29. The molecule has 2 saturated carbocycles. The zero-order valence-electron chi connectivity index (χ0n) is 17.2. The van der Waals surface area contributed by atoms with Crippen molar-refractivity contribution in [1.82, 2.24) is 24.1 Å². The number of imidazole rings is 1. The van der Waals surface area contributed by atoms with Gasteiger partial charge in [0.1, 0.15) is 5.82 Å². The Morgan fingerprint density at radius 1 is 1.10 bits per heavy atom. The Labute approximate surface area is 171 Å². The molecule has 158 valence electrons. The first-order chi connectivity index (χ1) is 13.7. The second-order valence-electron chi connectivity index (χ2n) is 8.64. The number of aromatic nitrogens is 4. The molecule has 9 heteroatoms. The van der Waals surface area contributed by atoms with Crippen LogP contribution in [0.5, 0.6) is 0 Å². The molecule has 0 aromatic carbocycles. The van der Waals surface area contributed by atoms with Crippen LogP contribution in [0.2, 0.25) is 0 Å². The fourth-order valence-electron chi connectivity index (χ4n) is 4.13. The van der Waals surface area contributed by atoms with Crippen molar-refractivity contribution in [1.29, 1.82) is 0 Å². The average molecular weight is 420 g/mol. The monoisotopic (exact) mass is 419 g/mol. The standard InChI is InChI=1S/C20H29N5O3S/c1-13(2)20-21-18(12-24(20)3)29(27,28)23-15-6-8-16(9-7-15)25-19(26)11-10-17(22-25)14-4-5-14/h10-16,23H,4-9H2,1-3H3. The second kappa shape index (κ2) is 7.68. The third kappa shape index (κ3) is 4.30. The smallest absolute Gasteiger partial charge is 0.267 e. The molecule has 0 aliphatic heterocycles. The van der Waals surface area contributed by atoms with Crippen molar-refractivity contribution in [3.05, 3.63) is 40.2 Å². The predicted octanol–water partition coefficient (Wildman–Crippen LogP) is 2.44. The van der Waals surface area contributed by atoms with Crippen LogP contribution in [0.25, 0.3) is 0 Å². The zero-order chi connectivity index (χ0) is 20.8. The van der Waals surface area contributed by atoms with Gasteiger partial charge in [-0.05, 0) is 44.6 Å². The van der Waals surface area contributed by atoms with Gasteiger partial charge in [0, 0.05) is 37.2 Å². The van der Waals surface area contributed by atoms with E-state index in [1.165, 1.54) is 0 Å². The second-order valence-corrected chi connectivity index (χ2v) is 10.3. The average Bonchev–Trinajstić information content (AvgIpc) is 3.43. The van der Waals surface area contributed by atoms with Gasteiger partial charge in [-0.1, -0.05) is 13.8 Å². The molecule has 4 rings (SSSR count). The molecule has 2 fully saturated rings. The molecule has 2 aromatic heterocycles. The maximum Gasteiger partial charge on any atom is 0.267 e. The molecule has 0 atom stereocenters. The highest BCUT2D eigenvalue weighted by atomic mass is 32.2. The van der Waals surface area contributed by atoms with E-state index in [1.54, 1.807) is 21.5 Å². The Morgan fingerprint density at radius 2 is 1.79 bits per heavy atom. The summed E-state index contributed by atoms with van der Waals surface area (Å²) in [5.74, 6) is 1.39. The van der Waals surface area contributed by atoms with Gasteiger partial charge < -0.3 is 4.57 Å². The van der Waals surface area contributed by atoms with Gasteiger partial charge in [-0.25, -0.2) is 22.8 Å². The Bertz CT molecular complexity index is 1040. The summed E-state index contributed by atoms with van der Waals surface area (Å²) < 4.78 is 31.7. The van der Waals surface area contributed by atoms with E-state index in [-0.39, 0.29) is 28.6 Å². The van der Waals surface area contributed by atoms with E-state index >= 15 is 0 Å². The first-order valence-corrected chi connectivity index (χ1v) is 11.9. The van der Waals surface area contributed by atoms with Crippen LogP contribution in [-0.2, 0) is 17.1 Å². The van der Waals surface area contributed by atoms with Crippen LogP contribution in [0.15, 0.2) is 28.2 Å². The van der Waals surface area contributed by atoms with Crippen LogP contribution >= 0.6 is 0 Å². The highest BCUT2D eigenvalue weighted by Crippen LogP contribution is 2.38. The number of nitrogens with one attached hydrogen (secondary N) is 1. The Balaban J connectivity index is 1.42. The summed E-state index contributed by atoms with van der Waals surface area (Å²) in [6, 6.07) is 3.34. The van der Waals surface area contributed by atoms with Crippen LogP contribution in [0.3, 0.4) is 0 Å². The lowest BCUT2D eigenvalue weighted by molar-refractivity contribution is 0.284. The molecule has 2 aromatic rings. The maximum absolute atomic E-state index is 12.8. The first-order valence-electron chi connectivity index (χ1n) is 10.4. The maximum atomic E-state index is 12.8. The van der Waals surface area contributed by atoms with Crippen LogP contribution in [-0.4, -0.2) is 33.8 Å². The molecule has 0 unspecified atom stereocenters. The summed E-state index contributed by atoms with van der Waals surface area (Å²) in [7, 11) is -1.85. The Kier molecular flexibility index (Phi) is 5.37. The molecule has 0 saturated heterocycles. The fraction of sp³-hybridized carbons (Fsp3) is 0.650. The van der Waals surface area contributed by atoms with Gasteiger partial charge in [-0.3, -0.25) is 4.79 Å². The van der Waals surface area contributed by atoms with Gasteiger partial charge in [-0.15, -0.1) is 0 Å². The van der Waals surface area contributed by atoms with Crippen LogP contribution in [0.1, 0.15) is 81.8 Å². The van der Waals surface area contributed by atoms with Gasteiger partial charge in [0.2, 0.25) is 0 Å². The molecule has 8 nitrogen and oxygen atoms in total. The van der Waals surface area contributed by atoms with E-state index in [9.17, 15) is 13.2 Å². The van der Waals surface area contributed by atoms with E-state index in [1.807, 2.05) is 27.0 Å². The largest absolute Gasteiger partial charge is 0.336 e. The first kappa shape index (κ1) is 20.3. The van der Waals surface area contributed by atoms with Gasteiger partial charge >= 0.3 is 0 Å². The summed E-state index contributed by atoms with van der Waals surface area (Å²) in [6.45, 7) is 3.98. The normalized spacial score (nSPS) is 22.9. The van der Waals surface area contributed by atoms with Crippen molar-refractivity contribution in [3.63, 3.8) is 0 Å². The lowest BCUT2D eigenvalue weighted by Crippen LogP contribution is -2.39.